The van der Waals surface area contributed by atoms with Crippen LogP contribution < -0.4 is 4.74 Å². The molecule has 3 aromatic rings. The number of ether oxygens (including phenoxy) is 1. The van der Waals surface area contributed by atoms with Crippen molar-refractivity contribution < 1.29 is 14.1 Å². The van der Waals surface area contributed by atoms with Crippen LogP contribution in [0.15, 0.2) is 34.9 Å². The van der Waals surface area contributed by atoms with Gasteiger partial charge in [0.2, 0.25) is 0 Å². The van der Waals surface area contributed by atoms with Crippen molar-refractivity contribution in [3.05, 3.63) is 58.1 Å². The maximum atomic E-state index is 13.4. The van der Waals surface area contributed by atoms with E-state index >= 15 is 0 Å². The molecular formula is C22H23ClN4O3. The Hall–Kier alpha value is -2.93. The fourth-order valence-corrected chi connectivity index (χ4v) is 3.96. The SMILES string of the molecule is Cc1cc(C)nc(OC2CCCN(C(=O)c3c(-c4ccccc4Cl)noc3C)C2)n1. The molecule has 156 valence electrons. The average Bonchev–Trinajstić information content (AvgIpc) is 3.08. The van der Waals surface area contributed by atoms with E-state index in [1.807, 2.05) is 38.1 Å². The molecule has 1 fully saturated rings. The predicted molar refractivity (Wildman–Crippen MR) is 113 cm³/mol. The van der Waals surface area contributed by atoms with Gasteiger partial charge in [-0.3, -0.25) is 4.79 Å². The minimum atomic E-state index is -0.173. The highest BCUT2D eigenvalue weighted by Gasteiger charge is 2.31. The topological polar surface area (TPSA) is 81.4 Å². The van der Waals surface area contributed by atoms with E-state index < -0.39 is 0 Å². The summed E-state index contributed by atoms with van der Waals surface area (Å²) in [5.74, 6) is 0.328. The minimum Gasteiger partial charge on any atom is -0.458 e. The summed E-state index contributed by atoms with van der Waals surface area (Å²) in [5, 5.41) is 4.63. The molecule has 0 N–H and O–H groups in total. The van der Waals surface area contributed by atoms with Gasteiger partial charge in [-0.05, 0) is 45.7 Å². The van der Waals surface area contributed by atoms with E-state index in [4.69, 9.17) is 20.9 Å². The summed E-state index contributed by atoms with van der Waals surface area (Å²) < 4.78 is 11.4. The molecule has 1 aromatic carbocycles. The van der Waals surface area contributed by atoms with Crippen molar-refractivity contribution in [2.24, 2.45) is 0 Å². The summed E-state index contributed by atoms with van der Waals surface area (Å²) in [6.45, 7) is 6.63. The number of aryl methyl sites for hydroxylation is 3. The van der Waals surface area contributed by atoms with Crippen molar-refractivity contribution in [3.63, 3.8) is 0 Å². The molecule has 2 aromatic heterocycles. The van der Waals surface area contributed by atoms with Crippen LogP contribution in [0, 0.1) is 20.8 Å². The van der Waals surface area contributed by atoms with Crippen molar-refractivity contribution in [3.8, 4) is 17.3 Å². The van der Waals surface area contributed by atoms with Gasteiger partial charge in [-0.2, -0.15) is 0 Å². The number of hydrogen-bond acceptors (Lipinski definition) is 6. The van der Waals surface area contributed by atoms with Crippen LogP contribution in [0.25, 0.3) is 11.3 Å². The molecule has 0 aliphatic carbocycles. The highest BCUT2D eigenvalue weighted by Crippen LogP contribution is 2.32. The number of carbonyl (C=O) groups is 1. The van der Waals surface area contributed by atoms with Crippen molar-refractivity contribution in [2.45, 2.75) is 39.7 Å². The Labute approximate surface area is 180 Å². The number of rotatable bonds is 4. The van der Waals surface area contributed by atoms with Gasteiger partial charge >= 0.3 is 6.01 Å². The fourth-order valence-electron chi connectivity index (χ4n) is 3.73. The third kappa shape index (κ3) is 4.16. The second-order valence-corrected chi connectivity index (χ2v) is 7.92. The normalized spacial score (nSPS) is 16.5. The van der Waals surface area contributed by atoms with E-state index in [9.17, 15) is 4.79 Å². The second-order valence-electron chi connectivity index (χ2n) is 7.51. The fraction of sp³-hybridized carbons (Fsp3) is 0.364. The quantitative estimate of drug-likeness (QED) is 0.615. The number of nitrogens with zero attached hydrogens (tertiary/aromatic N) is 4. The standard InChI is InChI=1S/C22H23ClN4O3/c1-13-11-14(2)25-22(24-13)29-16-7-6-10-27(12-16)21(28)19-15(3)30-26-20(19)17-8-4-5-9-18(17)23/h4-5,8-9,11,16H,6-7,10,12H2,1-3H3. The van der Waals surface area contributed by atoms with Gasteiger partial charge < -0.3 is 14.2 Å². The van der Waals surface area contributed by atoms with Gasteiger partial charge in [-0.1, -0.05) is 35.0 Å². The number of piperidine rings is 1. The molecule has 0 spiro atoms. The Kier molecular flexibility index (Phi) is 5.72. The molecule has 0 radical (unpaired) electrons. The first kappa shape index (κ1) is 20.3. The number of aromatic nitrogens is 3. The summed E-state index contributed by atoms with van der Waals surface area (Å²) in [7, 11) is 0. The summed E-state index contributed by atoms with van der Waals surface area (Å²) >= 11 is 6.33. The smallest absolute Gasteiger partial charge is 0.317 e. The summed E-state index contributed by atoms with van der Waals surface area (Å²) in [4.78, 5) is 23.9. The number of amides is 1. The van der Waals surface area contributed by atoms with Crippen LogP contribution in [-0.4, -0.2) is 45.1 Å². The van der Waals surface area contributed by atoms with Crippen LogP contribution in [-0.2, 0) is 0 Å². The molecule has 1 saturated heterocycles. The van der Waals surface area contributed by atoms with E-state index in [2.05, 4.69) is 15.1 Å². The number of halogens is 1. The first-order valence-corrected chi connectivity index (χ1v) is 10.3. The van der Waals surface area contributed by atoms with E-state index in [0.717, 1.165) is 24.2 Å². The second kappa shape index (κ2) is 8.44. The molecule has 4 rings (SSSR count). The lowest BCUT2D eigenvalue weighted by molar-refractivity contribution is 0.0514. The van der Waals surface area contributed by atoms with Gasteiger partial charge in [-0.25, -0.2) is 9.97 Å². The molecule has 30 heavy (non-hydrogen) atoms. The van der Waals surface area contributed by atoms with Crippen molar-refractivity contribution in [2.75, 3.05) is 13.1 Å². The Bertz CT molecular complexity index is 1060. The number of hydrogen-bond donors (Lipinski definition) is 0. The van der Waals surface area contributed by atoms with E-state index in [1.165, 1.54) is 0 Å². The molecule has 7 nitrogen and oxygen atoms in total. The molecular weight excluding hydrogens is 404 g/mol. The number of likely N-dealkylation sites (tertiary alicyclic amines) is 1. The van der Waals surface area contributed by atoms with E-state index in [-0.39, 0.29) is 12.0 Å². The summed E-state index contributed by atoms with van der Waals surface area (Å²) in [6.07, 6.45) is 1.49. The Morgan fingerprint density at radius 3 is 2.67 bits per heavy atom. The Morgan fingerprint density at radius 1 is 1.20 bits per heavy atom. The Balaban J connectivity index is 1.55. The van der Waals surface area contributed by atoms with Crippen molar-refractivity contribution in [1.82, 2.24) is 20.0 Å². The third-order valence-electron chi connectivity index (χ3n) is 5.10. The molecule has 1 atom stereocenters. The van der Waals surface area contributed by atoms with Gasteiger partial charge in [0.05, 0.1) is 11.6 Å². The van der Waals surface area contributed by atoms with Gasteiger partial charge in [0.25, 0.3) is 5.91 Å². The van der Waals surface area contributed by atoms with Crippen LogP contribution in [0.5, 0.6) is 6.01 Å². The summed E-state index contributed by atoms with van der Waals surface area (Å²) in [5.41, 5.74) is 3.28. The lowest BCUT2D eigenvalue weighted by Crippen LogP contribution is -2.44. The van der Waals surface area contributed by atoms with Gasteiger partial charge in [0.15, 0.2) is 0 Å². The molecule has 1 unspecified atom stereocenters. The van der Waals surface area contributed by atoms with Crippen LogP contribution in [0.2, 0.25) is 5.02 Å². The van der Waals surface area contributed by atoms with Crippen LogP contribution in [0.1, 0.15) is 40.3 Å². The van der Waals surface area contributed by atoms with E-state index in [0.29, 0.717) is 46.7 Å². The monoisotopic (exact) mass is 426 g/mol. The molecule has 0 bridgehead atoms. The van der Waals surface area contributed by atoms with Gasteiger partial charge in [0.1, 0.15) is 23.1 Å². The van der Waals surface area contributed by atoms with E-state index in [1.54, 1.807) is 17.9 Å². The highest BCUT2D eigenvalue weighted by molar-refractivity contribution is 6.33. The summed E-state index contributed by atoms with van der Waals surface area (Å²) in [6, 6.07) is 9.54. The zero-order valence-corrected chi connectivity index (χ0v) is 17.9. The zero-order valence-electron chi connectivity index (χ0n) is 17.2. The maximum Gasteiger partial charge on any atom is 0.317 e. The number of carbonyl (C=O) groups excluding carboxylic acids is 1. The Morgan fingerprint density at radius 2 is 1.93 bits per heavy atom. The lowest BCUT2D eigenvalue weighted by atomic mass is 10.0. The first-order chi connectivity index (χ1) is 14.4. The first-order valence-electron chi connectivity index (χ1n) is 9.91. The van der Waals surface area contributed by atoms with Crippen LogP contribution >= 0.6 is 11.6 Å². The molecule has 1 aliphatic heterocycles. The van der Waals surface area contributed by atoms with Crippen molar-refractivity contribution >= 4 is 17.5 Å². The minimum absolute atomic E-state index is 0.140. The highest BCUT2D eigenvalue weighted by atomic mass is 35.5. The van der Waals surface area contributed by atoms with Crippen LogP contribution in [0.4, 0.5) is 0 Å². The molecule has 1 aliphatic rings. The molecule has 1 amide bonds. The third-order valence-corrected chi connectivity index (χ3v) is 5.43. The zero-order chi connectivity index (χ0) is 21.3. The van der Waals surface area contributed by atoms with Crippen LogP contribution in [0.3, 0.4) is 0 Å². The van der Waals surface area contributed by atoms with Gasteiger partial charge in [0, 0.05) is 23.5 Å². The lowest BCUT2D eigenvalue weighted by Gasteiger charge is -2.32. The van der Waals surface area contributed by atoms with Gasteiger partial charge in [-0.15, -0.1) is 0 Å². The average molecular weight is 427 g/mol. The maximum absolute atomic E-state index is 13.4. The molecule has 3 heterocycles. The molecule has 8 heteroatoms. The predicted octanol–water partition coefficient (Wildman–Crippen LogP) is 4.39. The largest absolute Gasteiger partial charge is 0.458 e. The van der Waals surface area contributed by atoms with Crippen molar-refractivity contribution in [1.29, 1.82) is 0 Å². The molecule has 0 saturated carbocycles. The number of benzene rings is 1.